The molecule has 0 amide bonds. The van der Waals surface area contributed by atoms with Gasteiger partial charge in [-0.15, -0.1) is 0 Å². The summed E-state index contributed by atoms with van der Waals surface area (Å²) in [5.41, 5.74) is 3.33. The minimum Gasteiger partial charge on any atom is -0.490 e. The SMILES string of the molecule is CCOc1ccc(CCNC(=S)NC(C)c2cn(C)nc2C)cc1OCC. The molecule has 2 rings (SSSR count). The van der Waals surface area contributed by atoms with Crippen molar-refractivity contribution in [1.82, 2.24) is 20.4 Å². The smallest absolute Gasteiger partial charge is 0.166 e. The highest BCUT2D eigenvalue weighted by Crippen LogP contribution is 2.28. The van der Waals surface area contributed by atoms with Crippen LogP contribution in [-0.4, -0.2) is 34.7 Å². The van der Waals surface area contributed by atoms with Crippen molar-refractivity contribution < 1.29 is 9.47 Å². The van der Waals surface area contributed by atoms with Crippen molar-refractivity contribution in [3.63, 3.8) is 0 Å². The first-order valence-electron chi connectivity index (χ1n) is 9.37. The maximum absolute atomic E-state index is 5.68. The van der Waals surface area contributed by atoms with Gasteiger partial charge in [0, 0.05) is 25.4 Å². The summed E-state index contributed by atoms with van der Waals surface area (Å²) in [5.74, 6) is 1.58. The molecule has 27 heavy (non-hydrogen) atoms. The number of aryl methyl sites for hydroxylation is 2. The van der Waals surface area contributed by atoms with Crippen LogP contribution >= 0.6 is 12.2 Å². The van der Waals surface area contributed by atoms with Crippen LogP contribution in [0.3, 0.4) is 0 Å². The van der Waals surface area contributed by atoms with E-state index in [1.807, 2.05) is 50.8 Å². The molecule has 0 radical (unpaired) electrons. The molecule has 1 atom stereocenters. The summed E-state index contributed by atoms with van der Waals surface area (Å²) >= 11 is 5.42. The van der Waals surface area contributed by atoms with Crippen molar-refractivity contribution >= 4 is 17.3 Å². The second kappa shape index (κ2) is 10.2. The fourth-order valence-electron chi connectivity index (χ4n) is 2.94. The minimum atomic E-state index is 0.105. The van der Waals surface area contributed by atoms with Crippen molar-refractivity contribution in [2.75, 3.05) is 19.8 Å². The minimum absolute atomic E-state index is 0.105. The Labute approximate surface area is 167 Å². The fourth-order valence-corrected chi connectivity index (χ4v) is 3.22. The van der Waals surface area contributed by atoms with Gasteiger partial charge < -0.3 is 20.1 Å². The molecule has 0 saturated heterocycles. The Morgan fingerprint density at radius 3 is 2.56 bits per heavy atom. The summed E-state index contributed by atoms with van der Waals surface area (Å²) in [4.78, 5) is 0. The highest BCUT2D eigenvalue weighted by molar-refractivity contribution is 7.80. The van der Waals surface area contributed by atoms with Crippen molar-refractivity contribution in [3.8, 4) is 11.5 Å². The van der Waals surface area contributed by atoms with Crippen molar-refractivity contribution in [3.05, 3.63) is 41.2 Å². The predicted octanol–water partition coefficient (Wildman–Crippen LogP) is 3.29. The van der Waals surface area contributed by atoms with E-state index < -0.39 is 0 Å². The molecule has 0 saturated carbocycles. The Bertz CT molecular complexity index is 760. The van der Waals surface area contributed by atoms with Gasteiger partial charge in [-0.25, -0.2) is 0 Å². The van der Waals surface area contributed by atoms with Gasteiger partial charge in [-0.2, -0.15) is 5.10 Å². The van der Waals surface area contributed by atoms with Crippen LogP contribution < -0.4 is 20.1 Å². The molecule has 2 N–H and O–H groups in total. The van der Waals surface area contributed by atoms with E-state index in [0.717, 1.165) is 35.7 Å². The largest absolute Gasteiger partial charge is 0.490 e. The lowest BCUT2D eigenvalue weighted by molar-refractivity contribution is 0.287. The summed E-state index contributed by atoms with van der Waals surface area (Å²) < 4.78 is 13.1. The molecule has 2 aromatic rings. The molecular formula is C20H30N4O2S. The van der Waals surface area contributed by atoms with Crippen LogP contribution in [0.5, 0.6) is 11.5 Å². The van der Waals surface area contributed by atoms with Crippen molar-refractivity contribution in [1.29, 1.82) is 0 Å². The van der Waals surface area contributed by atoms with Gasteiger partial charge in [0.05, 0.1) is 24.9 Å². The number of nitrogens with zero attached hydrogens (tertiary/aromatic N) is 2. The van der Waals surface area contributed by atoms with E-state index >= 15 is 0 Å². The first-order chi connectivity index (χ1) is 12.9. The van der Waals surface area contributed by atoms with Gasteiger partial charge in [-0.05, 0) is 64.0 Å². The molecule has 1 aromatic heterocycles. The normalized spacial score (nSPS) is 11.7. The molecule has 0 aliphatic carbocycles. The van der Waals surface area contributed by atoms with E-state index in [9.17, 15) is 0 Å². The first-order valence-corrected chi connectivity index (χ1v) is 9.78. The van der Waals surface area contributed by atoms with Gasteiger partial charge >= 0.3 is 0 Å². The van der Waals surface area contributed by atoms with Gasteiger partial charge in [0.1, 0.15) is 0 Å². The lowest BCUT2D eigenvalue weighted by Gasteiger charge is -2.17. The average Bonchev–Trinajstić information content (AvgIpc) is 2.96. The van der Waals surface area contributed by atoms with Gasteiger partial charge in [0.2, 0.25) is 0 Å². The number of benzene rings is 1. The fraction of sp³-hybridized carbons (Fsp3) is 0.500. The first kappa shape index (κ1) is 21.0. The highest BCUT2D eigenvalue weighted by atomic mass is 32.1. The molecule has 0 aliphatic rings. The van der Waals surface area contributed by atoms with Crippen molar-refractivity contribution in [2.45, 2.75) is 40.2 Å². The number of hydrogen-bond acceptors (Lipinski definition) is 4. The summed E-state index contributed by atoms with van der Waals surface area (Å²) in [6, 6.07) is 6.17. The number of aromatic nitrogens is 2. The third-order valence-corrected chi connectivity index (χ3v) is 4.43. The van der Waals surface area contributed by atoms with E-state index in [0.29, 0.717) is 18.3 Å². The zero-order valence-corrected chi connectivity index (χ0v) is 17.7. The number of ether oxygens (including phenoxy) is 2. The van der Waals surface area contributed by atoms with Crippen LogP contribution in [-0.2, 0) is 13.5 Å². The molecule has 148 valence electrons. The second-order valence-corrected chi connectivity index (χ2v) is 6.77. The van der Waals surface area contributed by atoms with Crippen LogP contribution in [0.2, 0.25) is 0 Å². The second-order valence-electron chi connectivity index (χ2n) is 6.36. The molecule has 0 bridgehead atoms. The number of rotatable bonds is 9. The highest BCUT2D eigenvalue weighted by Gasteiger charge is 2.12. The lowest BCUT2D eigenvalue weighted by Crippen LogP contribution is -2.37. The Balaban J connectivity index is 1.85. The van der Waals surface area contributed by atoms with E-state index in [1.165, 1.54) is 5.56 Å². The Hall–Kier alpha value is -2.28. The van der Waals surface area contributed by atoms with Crippen LogP contribution in [0.25, 0.3) is 0 Å². The molecule has 0 spiro atoms. The van der Waals surface area contributed by atoms with Gasteiger partial charge in [-0.1, -0.05) is 6.07 Å². The molecule has 1 aromatic carbocycles. The van der Waals surface area contributed by atoms with Gasteiger partial charge in [0.15, 0.2) is 16.6 Å². The molecule has 7 heteroatoms. The summed E-state index contributed by atoms with van der Waals surface area (Å²) in [5, 5.41) is 11.6. The zero-order valence-electron chi connectivity index (χ0n) is 16.8. The zero-order chi connectivity index (χ0) is 19.8. The molecule has 6 nitrogen and oxygen atoms in total. The Morgan fingerprint density at radius 2 is 1.93 bits per heavy atom. The van der Waals surface area contributed by atoms with E-state index in [4.69, 9.17) is 21.7 Å². The predicted molar refractivity (Wildman–Crippen MR) is 113 cm³/mol. The molecule has 0 fully saturated rings. The maximum atomic E-state index is 5.68. The quantitative estimate of drug-likeness (QED) is 0.641. The van der Waals surface area contributed by atoms with Crippen LogP contribution in [0.1, 0.15) is 43.6 Å². The van der Waals surface area contributed by atoms with Crippen molar-refractivity contribution in [2.24, 2.45) is 7.05 Å². The van der Waals surface area contributed by atoms with Gasteiger partial charge in [0.25, 0.3) is 0 Å². The summed E-state index contributed by atoms with van der Waals surface area (Å²) in [6.07, 6.45) is 2.86. The number of thiocarbonyl (C=S) groups is 1. The topological polar surface area (TPSA) is 60.3 Å². The van der Waals surface area contributed by atoms with E-state index in [-0.39, 0.29) is 6.04 Å². The van der Waals surface area contributed by atoms with E-state index in [1.54, 1.807) is 0 Å². The van der Waals surface area contributed by atoms with Crippen LogP contribution in [0.4, 0.5) is 0 Å². The Kier molecular flexibility index (Phi) is 7.91. The monoisotopic (exact) mass is 390 g/mol. The molecule has 1 heterocycles. The third kappa shape index (κ3) is 6.13. The number of nitrogens with one attached hydrogen (secondary N) is 2. The average molecular weight is 391 g/mol. The Morgan fingerprint density at radius 1 is 1.22 bits per heavy atom. The van der Waals surface area contributed by atoms with Crippen LogP contribution in [0.15, 0.2) is 24.4 Å². The number of hydrogen-bond donors (Lipinski definition) is 2. The maximum Gasteiger partial charge on any atom is 0.166 e. The van der Waals surface area contributed by atoms with E-state index in [2.05, 4.69) is 28.7 Å². The van der Waals surface area contributed by atoms with Gasteiger partial charge in [-0.3, -0.25) is 4.68 Å². The molecular weight excluding hydrogens is 360 g/mol. The summed E-state index contributed by atoms with van der Waals surface area (Å²) in [6.45, 7) is 10.0. The standard InChI is InChI=1S/C20H30N4O2S/c1-6-25-18-9-8-16(12-19(18)26-7-2)10-11-21-20(27)22-14(3)17-13-24(5)23-15(17)4/h8-9,12-14H,6-7,10-11H2,1-5H3,(H2,21,22,27). The molecule has 0 aliphatic heterocycles. The summed E-state index contributed by atoms with van der Waals surface area (Å²) in [7, 11) is 1.92. The lowest BCUT2D eigenvalue weighted by atomic mass is 10.1. The third-order valence-electron chi connectivity index (χ3n) is 4.17. The van der Waals surface area contributed by atoms with Crippen LogP contribution in [0, 0.1) is 6.92 Å². The molecule has 1 unspecified atom stereocenters.